The van der Waals surface area contributed by atoms with Crippen molar-refractivity contribution < 1.29 is 4.79 Å². The summed E-state index contributed by atoms with van der Waals surface area (Å²) >= 11 is 5.74. The smallest absolute Gasteiger partial charge is 0.255 e. The Balaban J connectivity index is 2.19. The van der Waals surface area contributed by atoms with Crippen molar-refractivity contribution in [2.24, 2.45) is 11.8 Å². The van der Waals surface area contributed by atoms with E-state index in [4.69, 9.17) is 11.6 Å². The molecule has 0 spiro atoms. The summed E-state index contributed by atoms with van der Waals surface area (Å²) in [4.78, 5) is 18.4. The van der Waals surface area contributed by atoms with Crippen molar-refractivity contribution in [3.8, 4) is 0 Å². The molecule has 98 valence electrons. The van der Waals surface area contributed by atoms with Crippen molar-refractivity contribution in [3.63, 3.8) is 0 Å². The molecule has 18 heavy (non-hydrogen) atoms. The summed E-state index contributed by atoms with van der Waals surface area (Å²) in [5, 5.41) is 0.417. The molecule has 0 radical (unpaired) electrons. The van der Waals surface area contributed by atoms with E-state index in [9.17, 15) is 4.79 Å². The number of piperidine rings is 1. The molecule has 1 aliphatic heterocycles. The number of hydrogen-bond donors (Lipinski definition) is 0. The average molecular weight is 267 g/mol. The molecule has 1 aliphatic rings. The highest BCUT2D eigenvalue weighted by molar-refractivity contribution is 6.29. The molecule has 1 fully saturated rings. The van der Waals surface area contributed by atoms with Crippen LogP contribution in [-0.2, 0) is 0 Å². The molecule has 0 bridgehead atoms. The van der Waals surface area contributed by atoms with E-state index in [2.05, 4.69) is 25.8 Å². The van der Waals surface area contributed by atoms with Crippen LogP contribution < -0.4 is 0 Å². The Morgan fingerprint density at radius 2 is 2.11 bits per heavy atom. The van der Waals surface area contributed by atoms with Crippen LogP contribution in [0.1, 0.15) is 37.6 Å². The number of carbonyl (C=O) groups excluding carboxylic acids is 1. The summed E-state index contributed by atoms with van der Waals surface area (Å²) in [5.41, 5.74) is 0.618. The van der Waals surface area contributed by atoms with Crippen LogP contribution in [0.5, 0.6) is 0 Å². The molecule has 0 saturated carbocycles. The molecule has 0 N–H and O–H groups in total. The molecule has 1 aromatic rings. The maximum Gasteiger partial charge on any atom is 0.255 e. The number of carbonyl (C=O) groups is 1. The molecule has 3 nitrogen and oxygen atoms in total. The van der Waals surface area contributed by atoms with Gasteiger partial charge in [-0.1, -0.05) is 25.4 Å². The third-order valence-corrected chi connectivity index (χ3v) is 4.06. The number of likely N-dealkylation sites (tertiary alicyclic amines) is 1. The molecule has 2 rings (SSSR count). The maximum atomic E-state index is 12.5. The van der Waals surface area contributed by atoms with Gasteiger partial charge in [0.15, 0.2) is 0 Å². The number of halogens is 1. The minimum Gasteiger partial charge on any atom is -0.335 e. The van der Waals surface area contributed by atoms with Crippen LogP contribution in [0.25, 0.3) is 0 Å². The van der Waals surface area contributed by atoms with E-state index in [1.807, 2.05) is 4.90 Å². The molecule has 1 amide bonds. The van der Waals surface area contributed by atoms with Gasteiger partial charge in [0.05, 0.1) is 5.56 Å². The van der Waals surface area contributed by atoms with Gasteiger partial charge >= 0.3 is 0 Å². The first-order valence-electron chi connectivity index (χ1n) is 6.41. The van der Waals surface area contributed by atoms with Gasteiger partial charge in [0.1, 0.15) is 5.15 Å². The largest absolute Gasteiger partial charge is 0.335 e. The van der Waals surface area contributed by atoms with Crippen molar-refractivity contribution >= 4 is 17.5 Å². The van der Waals surface area contributed by atoms with Crippen LogP contribution in [0.3, 0.4) is 0 Å². The monoisotopic (exact) mass is 266 g/mol. The molecule has 4 heteroatoms. The minimum atomic E-state index is 0.0602. The van der Waals surface area contributed by atoms with Crippen LogP contribution in [0.4, 0.5) is 0 Å². The van der Waals surface area contributed by atoms with E-state index < -0.39 is 0 Å². The summed E-state index contributed by atoms with van der Waals surface area (Å²) in [7, 11) is 0. The Hall–Kier alpha value is -1.09. The third kappa shape index (κ3) is 2.66. The molecular weight excluding hydrogens is 248 g/mol. The molecule has 3 unspecified atom stereocenters. The van der Waals surface area contributed by atoms with Gasteiger partial charge in [-0.3, -0.25) is 4.79 Å². The summed E-state index contributed by atoms with van der Waals surface area (Å²) in [6, 6.07) is 3.69. The second-order valence-electron chi connectivity index (χ2n) is 5.39. The molecule has 3 atom stereocenters. The molecule has 0 aromatic carbocycles. The first kappa shape index (κ1) is 13.3. The van der Waals surface area contributed by atoms with Crippen molar-refractivity contribution in [3.05, 3.63) is 29.0 Å². The fraction of sp³-hybridized carbons (Fsp3) is 0.571. The van der Waals surface area contributed by atoms with Gasteiger partial charge in [0.2, 0.25) is 0 Å². The van der Waals surface area contributed by atoms with E-state index in [1.165, 1.54) is 6.42 Å². The molecular formula is C14H19ClN2O. The highest BCUT2D eigenvalue weighted by atomic mass is 35.5. The summed E-state index contributed by atoms with van der Waals surface area (Å²) in [6.07, 6.45) is 2.74. The minimum absolute atomic E-state index is 0.0602. The first-order valence-corrected chi connectivity index (χ1v) is 6.79. The van der Waals surface area contributed by atoms with Crippen molar-refractivity contribution in [1.29, 1.82) is 0 Å². The third-order valence-electron chi connectivity index (χ3n) is 3.83. The maximum absolute atomic E-state index is 12.5. The van der Waals surface area contributed by atoms with Gasteiger partial charge in [-0.25, -0.2) is 4.98 Å². The van der Waals surface area contributed by atoms with E-state index in [1.54, 1.807) is 18.3 Å². The van der Waals surface area contributed by atoms with Crippen LogP contribution in [-0.4, -0.2) is 28.4 Å². The van der Waals surface area contributed by atoms with E-state index in [-0.39, 0.29) is 11.9 Å². The Kier molecular flexibility index (Phi) is 3.91. The zero-order valence-corrected chi connectivity index (χ0v) is 11.8. The average Bonchev–Trinajstić information content (AvgIpc) is 2.34. The molecule has 1 saturated heterocycles. The second kappa shape index (κ2) is 5.27. The number of rotatable bonds is 1. The van der Waals surface area contributed by atoms with Gasteiger partial charge in [0, 0.05) is 18.8 Å². The molecule has 0 aliphatic carbocycles. The van der Waals surface area contributed by atoms with Gasteiger partial charge < -0.3 is 4.90 Å². The van der Waals surface area contributed by atoms with Gasteiger partial charge in [0.25, 0.3) is 5.91 Å². The lowest BCUT2D eigenvalue weighted by molar-refractivity contribution is 0.0455. The normalized spacial score (nSPS) is 28.2. The van der Waals surface area contributed by atoms with Crippen LogP contribution >= 0.6 is 11.6 Å². The Bertz CT molecular complexity index is 432. The topological polar surface area (TPSA) is 33.2 Å². The quantitative estimate of drug-likeness (QED) is 0.731. The highest BCUT2D eigenvalue weighted by Gasteiger charge is 2.32. The van der Waals surface area contributed by atoms with E-state index in [0.29, 0.717) is 22.6 Å². The predicted molar refractivity (Wildman–Crippen MR) is 72.7 cm³/mol. The SMILES string of the molecule is CC1CC(C)C(C)N(C(=O)c2ccc(Cl)nc2)C1. The lowest BCUT2D eigenvalue weighted by Crippen LogP contribution is -2.48. The standard InChI is InChI=1S/C14H19ClN2O/c1-9-6-10(2)11(3)17(8-9)14(18)12-4-5-13(15)16-7-12/h4-5,7,9-11H,6,8H2,1-3H3. The number of hydrogen-bond acceptors (Lipinski definition) is 2. The van der Waals surface area contributed by atoms with Crippen molar-refractivity contribution in [1.82, 2.24) is 9.88 Å². The summed E-state index contributed by atoms with van der Waals surface area (Å²) in [6.45, 7) is 7.36. The fourth-order valence-corrected chi connectivity index (χ4v) is 2.76. The summed E-state index contributed by atoms with van der Waals surface area (Å²) in [5.74, 6) is 1.16. The lowest BCUT2D eigenvalue weighted by atomic mass is 9.85. The second-order valence-corrected chi connectivity index (χ2v) is 5.77. The van der Waals surface area contributed by atoms with Crippen LogP contribution in [0.2, 0.25) is 5.15 Å². The zero-order valence-electron chi connectivity index (χ0n) is 11.1. The van der Waals surface area contributed by atoms with E-state index >= 15 is 0 Å². The number of aromatic nitrogens is 1. The predicted octanol–water partition coefficient (Wildman–Crippen LogP) is 3.24. The van der Waals surface area contributed by atoms with Crippen molar-refractivity contribution in [2.75, 3.05) is 6.54 Å². The number of amides is 1. The highest BCUT2D eigenvalue weighted by Crippen LogP contribution is 2.28. The Morgan fingerprint density at radius 3 is 2.72 bits per heavy atom. The Labute approximate surface area is 113 Å². The van der Waals surface area contributed by atoms with Gasteiger partial charge in [-0.05, 0) is 37.3 Å². The van der Waals surface area contributed by atoms with Crippen LogP contribution in [0.15, 0.2) is 18.3 Å². The summed E-state index contributed by atoms with van der Waals surface area (Å²) < 4.78 is 0. The first-order chi connectivity index (χ1) is 8.49. The van der Waals surface area contributed by atoms with Gasteiger partial charge in [-0.2, -0.15) is 0 Å². The fourth-order valence-electron chi connectivity index (χ4n) is 2.65. The van der Waals surface area contributed by atoms with Gasteiger partial charge in [-0.15, -0.1) is 0 Å². The molecule has 1 aromatic heterocycles. The van der Waals surface area contributed by atoms with Crippen LogP contribution in [0, 0.1) is 11.8 Å². The number of nitrogens with zero attached hydrogens (tertiary/aromatic N) is 2. The number of pyridine rings is 1. The molecule has 2 heterocycles. The van der Waals surface area contributed by atoms with E-state index in [0.717, 1.165) is 6.54 Å². The van der Waals surface area contributed by atoms with Crippen molar-refractivity contribution in [2.45, 2.75) is 33.2 Å². The Morgan fingerprint density at radius 1 is 1.39 bits per heavy atom. The zero-order chi connectivity index (χ0) is 13.3. The lowest BCUT2D eigenvalue weighted by Gasteiger charge is -2.41.